The lowest BCUT2D eigenvalue weighted by atomic mass is 10.1. The Hall–Kier alpha value is -0.770. The summed E-state index contributed by atoms with van der Waals surface area (Å²) < 4.78 is 1.09. The van der Waals surface area contributed by atoms with Crippen molar-refractivity contribution in [3.63, 3.8) is 0 Å². The summed E-state index contributed by atoms with van der Waals surface area (Å²) in [6.45, 7) is 0. The largest absolute Gasteiger partial charge is 0.508 e. The van der Waals surface area contributed by atoms with E-state index in [1.807, 2.05) is 18.2 Å². The number of phenolic OH excluding ortho intramolecular Hbond substituents is 1. The Balaban J connectivity index is 2.89. The molecule has 60 valence electrons. The van der Waals surface area contributed by atoms with Crippen molar-refractivity contribution in [3.8, 4) is 5.75 Å². The van der Waals surface area contributed by atoms with Gasteiger partial charge < -0.3 is 5.11 Å². The minimum absolute atomic E-state index is 0.332. The van der Waals surface area contributed by atoms with Crippen LogP contribution in [0, 0.1) is 3.57 Å². The number of hydrogen-bond donors (Lipinski definition) is 1. The molecule has 0 saturated heterocycles. The van der Waals surface area contributed by atoms with Crippen LogP contribution in [-0.2, 0) is 0 Å². The second-order valence-electron chi connectivity index (χ2n) is 2.65. The van der Waals surface area contributed by atoms with Gasteiger partial charge in [0.15, 0.2) is 0 Å². The van der Waals surface area contributed by atoms with Gasteiger partial charge in [-0.1, -0.05) is 24.3 Å². The monoisotopic (exact) mass is 270 g/mol. The predicted molar refractivity (Wildman–Crippen MR) is 58.3 cm³/mol. The minimum Gasteiger partial charge on any atom is -0.508 e. The Morgan fingerprint density at radius 1 is 1.08 bits per heavy atom. The standard InChI is InChI=1S/C10H7IO/c11-10-6-8(12)5-7-3-1-2-4-9(7)10/h1-6,12H. The van der Waals surface area contributed by atoms with Crippen molar-refractivity contribution in [2.45, 2.75) is 0 Å². The minimum atomic E-state index is 0.332. The lowest BCUT2D eigenvalue weighted by Crippen LogP contribution is -1.76. The van der Waals surface area contributed by atoms with E-state index in [0.29, 0.717) is 5.75 Å². The number of benzene rings is 2. The quantitative estimate of drug-likeness (QED) is 0.729. The molecule has 0 atom stereocenters. The van der Waals surface area contributed by atoms with Crippen molar-refractivity contribution < 1.29 is 5.11 Å². The first-order chi connectivity index (χ1) is 5.77. The van der Waals surface area contributed by atoms with Gasteiger partial charge in [-0.25, -0.2) is 0 Å². The molecule has 1 N–H and O–H groups in total. The van der Waals surface area contributed by atoms with Crippen LogP contribution in [0.3, 0.4) is 0 Å². The van der Waals surface area contributed by atoms with Gasteiger partial charge in [-0.2, -0.15) is 0 Å². The predicted octanol–water partition coefficient (Wildman–Crippen LogP) is 3.15. The third-order valence-corrected chi connectivity index (χ3v) is 2.69. The van der Waals surface area contributed by atoms with E-state index in [4.69, 9.17) is 0 Å². The normalized spacial score (nSPS) is 10.4. The zero-order valence-corrected chi connectivity index (χ0v) is 8.45. The Kier molecular flexibility index (Phi) is 1.92. The van der Waals surface area contributed by atoms with Crippen LogP contribution in [0.4, 0.5) is 0 Å². The number of phenols is 1. The molecule has 2 rings (SSSR count). The van der Waals surface area contributed by atoms with Crippen LogP contribution >= 0.6 is 22.6 Å². The van der Waals surface area contributed by atoms with Gasteiger partial charge in [-0.05, 0) is 45.5 Å². The Labute approximate surface area is 84.2 Å². The highest BCUT2D eigenvalue weighted by atomic mass is 127. The van der Waals surface area contributed by atoms with Crippen LogP contribution in [0.15, 0.2) is 36.4 Å². The van der Waals surface area contributed by atoms with Crippen LogP contribution in [0.2, 0.25) is 0 Å². The number of fused-ring (bicyclic) bond motifs is 1. The molecular formula is C10H7IO. The lowest BCUT2D eigenvalue weighted by molar-refractivity contribution is 0.476. The topological polar surface area (TPSA) is 20.2 Å². The summed E-state index contributed by atoms with van der Waals surface area (Å²) in [5, 5.41) is 11.6. The fraction of sp³-hybridized carbons (Fsp3) is 0. The van der Waals surface area contributed by atoms with Crippen molar-refractivity contribution in [1.29, 1.82) is 0 Å². The van der Waals surface area contributed by atoms with Crippen molar-refractivity contribution in [2.24, 2.45) is 0 Å². The van der Waals surface area contributed by atoms with Crippen LogP contribution in [0.25, 0.3) is 10.8 Å². The molecule has 2 heteroatoms. The van der Waals surface area contributed by atoms with Gasteiger partial charge in [-0.15, -0.1) is 0 Å². The first-order valence-electron chi connectivity index (χ1n) is 3.64. The summed E-state index contributed by atoms with van der Waals surface area (Å²) in [6, 6.07) is 11.6. The highest BCUT2D eigenvalue weighted by molar-refractivity contribution is 14.1. The fourth-order valence-corrected chi connectivity index (χ4v) is 2.06. The number of halogens is 1. The van der Waals surface area contributed by atoms with Crippen LogP contribution < -0.4 is 0 Å². The average molecular weight is 270 g/mol. The molecule has 0 aromatic heterocycles. The molecule has 0 amide bonds. The molecule has 0 unspecified atom stereocenters. The Morgan fingerprint density at radius 2 is 1.83 bits per heavy atom. The van der Waals surface area contributed by atoms with E-state index in [2.05, 4.69) is 28.7 Å². The number of aromatic hydroxyl groups is 1. The highest BCUT2D eigenvalue weighted by Gasteiger charge is 1.98. The third kappa shape index (κ3) is 1.27. The van der Waals surface area contributed by atoms with E-state index in [1.54, 1.807) is 12.1 Å². The zero-order valence-electron chi connectivity index (χ0n) is 6.29. The third-order valence-electron chi connectivity index (χ3n) is 1.80. The second-order valence-corrected chi connectivity index (χ2v) is 3.81. The smallest absolute Gasteiger partial charge is 0.117 e. The van der Waals surface area contributed by atoms with Crippen molar-refractivity contribution in [2.75, 3.05) is 0 Å². The SMILES string of the molecule is Oc1cc(I)c2ccccc2c1. The summed E-state index contributed by atoms with van der Waals surface area (Å²) in [7, 11) is 0. The van der Waals surface area contributed by atoms with Gasteiger partial charge in [0.1, 0.15) is 5.75 Å². The molecule has 1 nitrogen and oxygen atoms in total. The number of rotatable bonds is 0. The van der Waals surface area contributed by atoms with Crippen LogP contribution in [0.5, 0.6) is 5.75 Å². The van der Waals surface area contributed by atoms with E-state index >= 15 is 0 Å². The average Bonchev–Trinajstić information content (AvgIpc) is 2.04. The van der Waals surface area contributed by atoms with Gasteiger partial charge >= 0.3 is 0 Å². The van der Waals surface area contributed by atoms with Gasteiger partial charge in [-0.3, -0.25) is 0 Å². The summed E-state index contributed by atoms with van der Waals surface area (Å²) in [5.41, 5.74) is 0. The van der Waals surface area contributed by atoms with Gasteiger partial charge in [0.05, 0.1) is 0 Å². The molecule has 0 fully saturated rings. The molecule has 0 heterocycles. The van der Waals surface area contributed by atoms with E-state index in [0.717, 1.165) is 8.96 Å². The first kappa shape index (κ1) is 7.86. The van der Waals surface area contributed by atoms with Crippen molar-refractivity contribution in [3.05, 3.63) is 40.0 Å². The molecule has 0 radical (unpaired) electrons. The Morgan fingerprint density at radius 3 is 2.67 bits per heavy atom. The van der Waals surface area contributed by atoms with E-state index < -0.39 is 0 Å². The molecule has 0 bridgehead atoms. The van der Waals surface area contributed by atoms with Gasteiger partial charge in [0.2, 0.25) is 0 Å². The highest BCUT2D eigenvalue weighted by Crippen LogP contribution is 2.25. The Bertz CT molecular complexity index is 423. The van der Waals surface area contributed by atoms with Crippen LogP contribution in [0.1, 0.15) is 0 Å². The van der Waals surface area contributed by atoms with E-state index in [9.17, 15) is 5.11 Å². The lowest BCUT2D eigenvalue weighted by Gasteiger charge is -2.00. The molecule has 0 aliphatic carbocycles. The molecule has 12 heavy (non-hydrogen) atoms. The fourth-order valence-electron chi connectivity index (χ4n) is 1.25. The molecule has 2 aromatic rings. The van der Waals surface area contributed by atoms with Crippen LogP contribution in [-0.4, -0.2) is 5.11 Å². The molecule has 0 spiro atoms. The molecule has 2 aromatic carbocycles. The maximum absolute atomic E-state index is 9.31. The molecule has 0 aliphatic rings. The maximum atomic E-state index is 9.31. The second kappa shape index (κ2) is 2.94. The van der Waals surface area contributed by atoms with E-state index in [1.165, 1.54) is 5.39 Å². The summed E-state index contributed by atoms with van der Waals surface area (Å²) in [4.78, 5) is 0. The molecule has 0 saturated carbocycles. The molecular weight excluding hydrogens is 263 g/mol. The summed E-state index contributed by atoms with van der Waals surface area (Å²) >= 11 is 2.22. The van der Waals surface area contributed by atoms with Crippen molar-refractivity contribution in [1.82, 2.24) is 0 Å². The van der Waals surface area contributed by atoms with Gasteiger partial charge in [0, 0.05) is 3.57 Å². The van der Waals surface area contributed by atoms with Crippen molar-refractivity contribution >= 4 is 33.4 Å². The summed E-state index contributed by atoms with van der Waals surface area (Å²) in [5.74, 6) is 0.332. The molecule has 0 aliphatic heterocycles. The zero-order chi connectivity index (χ0) is 8.55. The van der Waals surface area contributed by atoms with E-state index in [-0.39, 0.29) is 0 Å². The maximum Gasteiger partial charge on any atom is 0.117 e. The first-order valence-corrected chi connectivity index (χ1v) is 4.72. The van der Waals surface area contributed by atoms with Gasteiger partial charge in [0.25, 0.3) is 0 Å². The number of hydrogen-bond acceptors (Lipinski definition) is 1. The summed E-state index contributed by atoms with van der Waals surface area (Å²) in [6.07, 6.45) is 0.